The van der Waals surface area contributed by atoms with Crippen LogP contribution >= 0.6 is 0 Å². The molecule has 0 spiro atoms. The zero-order valence-corrected chi connectivity index (χ0v) is 16.2. The summed E-state index contributed by atoms with van der Waals surface area (Å²) in [5.41, 5.74) is 8.70. The first-order valence-corrected chi connectivity index (χ1v) is 9.70. The number of benzene rings is 1. The molecule has 1 unspecified atom stereocenters. The van der Waals surface area contributed by atoms with Crippen LogP contribution in [0.4, 0.5) is 0 Å². The van der Waals surface area contributed by atoms with E-state index in [0.29, 0.717) is 29.1 Å². The maximum atomic E-state index is 13.2. The number of fused-ring (bicyclic) bond motifs is 5. The number of esters is 1. The van der Waals surface area contributed by atoms with Crippen molar-refractivity contribution in [1.82, 2.24) is 9.55 Å². The minimum atomic E-state index is -1.82. The second-order valence-corrected chi connectivity index (χ2v) is 7.80. The number of pyridine rings is 2. The standard InChI is InChI=1S/C22H21N3O4/c1-3-22(28)16-8-18-19-12(9-25(18)20(26)15(16)10-29-21(22)27)7-14-13(11(2)23)5-4-6-17(14)24-19/h4-8,11,28H,3,9-10,23H2,1-2H3/t11?,22-/m0/s1. The van der Waals surface area contributed by atoms with Crippen LogP contribution in [0.1, 0.15) is 48.6 Å². The fraction of sp³-hybridized carbons (Fsp3) is 0.318. The molecule has 0 radical (unpaired) electrons. The van der Waals surface area contributed by atoms with Crippen molar-refractivity contribution in [2.75, 3.05) is 0 Å². The Hall–Kier alpha value is -3.03. The summed E-state index contributed by atoms with van der Waals surface area (Å²) < 4.78 is 6.74. The zero-order chi connectivity index (χ0) is 20.5. The van der Waals surface area contributed by atoms with Crippen molar-refractivity contribution in [1.29, 1.82) is 0 Å². The number of cyclic esters (lactones) is 1. The molecular formula is C22H21N3O4. The van der Waals surface area contributed by atoms with E-state index < -0.39 is 11.6 Å². The summed E-state index contributed by atoms with van der Waals surface area (Å²) in [5, 5.41) is 11.9. The van der Waals surface area contributed by atoms with E-state index in [1.54, 1.807) is 17.6 Å². The van der Waals surface area contributed by atoms with Gasteiger partial charge in [-0.25, -0.2) is 9.78 Å². The molecule has 0 bridgehead atoms. The molecule has 7 heteroatoms. The average molecular weight is 391 g/mol. The Bertz CT molecular complexity index is 1260. The highest BCUT2D eigenvalue weighted by molar-refractivity contribution is 5.88. The van der Waals surface area contributed by atoms with Gasteiger partial charge in [0, 0.05) is 22.6 Å². The van der Waals surface area contributed by atoms with Crippen LogP contribution in [0.5, 0.6) is 0 Å². The normalized spacial score (nSPS) is 20.8. The number of rotatable bonds is 2. The number of aromatic nitrogens is 2. The lowest BCUT2D eigenvalue weighted by molar-refractivity contribution is -0.172. The van der Waals surface area contributed by atoms with Gasteiger partial charge >= 0.3 is 5.97 Å². The van der Waals surface area contributed by atoms with Crippen LogP contribution in [-0.4, -0.2) is 20.6 Å². The molecule has 3 aromatic rings. The maximum Gasteiger partial charge on any atom is 0.343 e. The summed E-state index contributed by atoms with van der Waals surface area (Å²) >= 11 is 0. The molecule has 0 fully saturated rings. The number of aliphatic hydroxyl groups is 1. The summed E-state index contributed by atoms with van der Waals surface area (Å²) in [6, 6.07) is 9.44. The van der Waals surface area contributed by atoms with Gasteiger partial charge in [-0.1, -0.05) is 19.1 Å². The molecule has 4 heterocycles. The molecule has 2 aliphatic heterocycles. The van der Waals surface area contributed by atoms with Crippen LogP contribution < -0.4 is 11.3 Å². The Balaban J connectivity index is 1.78. The number of ether oxygens (including phenoxy) is 1. The Morgan fingerprint density at radius 2 is 2.14 bits per heavy atom. The summed E-state index contributed by atoms with van der Waals surface area (Å²) in [6.07, 6.45) is 0.123. The summed E-state index contributed by atoms with van der Waals surface area (Å²) in [4.78, 5) is 30.2. The first kappa shape index (κ1) is 18.0. The quantitative estimate of drug-likeness (QED) is 0.507. The van der Waals surface area contributed by atoms with Crippen molar-refractivity contribution >= 4 is 16.9 Å². The van der Waals surface area contributed by atoms with E-state index >= 15 is 0 Å². The molecule has 1 aromatic carbocycles. The van der Waals surface area contributed by atoms with Gasteiger partial charge in [-0.3, -0.25) is 4.79 Å². The number of nitrogens with two attached hydrogens (primary N) is 1. The third kappa shape index (κ3) is 2.34. The average Bonchev–Trinajstić information content (AvgIpc) is 3.07. The topological polar surface area (TPSA) is 107 Å². The Labute approximate surface area is 166 Å². The lowest BCUT2D eigenvalue weighted by Gasteiger charge is -2.31. The van der Waals surface area contributed by atoms with Crippen molar-refractivity contribution in [2.24, 2.45) is 5.73 Å². The van der Waals surface area contributed by atoms with Crippen LogP contribution in [0.25, 0.3) is 22.3 Å². The Morgan fingerprint density at radius 3 is 2.86 bits per heavy atom. The second kappa shape index (κ2) is 5.98. The summed E-state index contributed by atoms with van der Waals surface area (Å²) in [6.45, 7) is 3.87. The number of carbonyl (C=O) groups excluding carboxylic acids is 1. The summed E-state index contributed by atoms with van der Waals surface area (Å²) in [5.74, 6) is -0.719. The van der Waals surface area contributed by atoms with Gasteiger partial charge < -0.3 is 20.1 Å². The smallest absolute Gasteiger partial charge is 0.343 e. The van der Waals surface area contributed by atoms with E-state index in [4.69, 9.17) is 15.5 Å². The van der Waals surface area contributed by atoms with Gasteiger partial charge in [0.05, 0.1) is 29.0 Å². The third-order valence-corrected chi connectivity index (χ3v) is 6.08. The molecular weight excluding hydrogens is 370 g/mol. The van der Waals surface area contributed by atoms with Crippen LogP contribution in [0.3, 0.4) is 0 Å². The van der Waals surface area contributed by atoms with E-state index in [9.17, 15) is 14.7 Å². The monoisotopic (exact) mass is 391 g/mol. The van der Waals surface area contributed by atoms with E-state index in [1.807, 2.05) is 31.2 Å². The van der Waals surface area contributed by atoms with Crippen LogP contribution in [0.2, 0.25) is 0 Å². The maximum absolute atomic E-state index is 13.2. The summed E-state index contributed by atoms with van der Waals surface area (Å²) in [7, 11) is 0. The molecule has 29 heavy (non-hydrogen) atoms. The van der Waals surface area contributed by atoms with Gasteiger partial charge in [-0.05, 0) is 37.1 Å². The molecule has 2 aromatic heterocycles. The van der Waals surface area contributed by atoms with Crippen LogP contribution in [-0.2, 0) is 28.3 Å². The zero-order valence-electron chi connectivity index (χ0n) is 16.2. The molecule has 2 aliphatic rings. The largest absolute Gasteiger partial charge is 0.458 e. The highest BCUT2D eigenvalue weighted by Crippen LogP contribution is 2.39. The van der Waals surface area contributed by atoms with Gasteiger partial charge in [-0.2, -0.15) is 0 Å². The van der Waals surface area contributed by atoms with Crippen LogP contribution in [0.15, 0.2) is 35.1 Å². The van der Waals surface area contributed by atoms with Crippen molar-refractivity contribution < 1.29 is 14.6 Å². The van der Waals surface area contributed by atoms with Gasteiger partial charge in [0.15, 0.2) is 5.60 Å². The van der Waals surface area contributed by atoms with Crippen LogP contribution in [0, 0.1) is 0 Å². The van der Waals surface area contributed by atoms with E-state index in [1.165, 1.54) is 0 Å². The molecule has 0 saturated heterocycles. The number of nitrogens with zero attached hydrogens (tertiary/aromatic N) is 2. The fourth-order valence-electron chi connectivity index (χ4n) is 4.42. The van der Waals surface area contributed by atoms with Crippen molar-refractivity contribution in [3.8, 4) is 11.4 Å². The van der Waals surface area contributed by atoms with Crippen molar-refractivity contribution in [3.05, 3.63) is 62.9 Å². The SMILES string of the molecule is CC[C@@]1(O)C(=O)OCc2c1cc1n(c2=O)Cc2cc3c(C(C)N)cccc3nc2-1. The fourth-order valence-corrected chi connectivity index (χ4v) is 4.42. The second-order valence-electron chi connectivity index (χ2n) is 7.80. The minimum Gasteiger partial charge on any atom is -0.458 e. The number of carbonyl (C=O) groups is 1. The molecule has 0 saturated carbocycles. The molecule has 0 aliphatic carbocycles. The number of hydrogen-bond donors (Lipinski definition) is 2. The predicted molar refractivity (Wildman–Crippen MR) is 107 cm³/mol. The van der Waals surface area contributed by atoms with Gasteiger partial charge in [0.2, 0.25) is 0 Å². The highest BCUT2D eigenvalue weighted by atomic mass is 16.6. The first-order chi connectivity index (χ1) is 13.8. The molecule has 148 valence electrons. The van der Waals surface area contributed by atoms with Crippen molar-refractivity contribution in [3.63, 3.8) is 0 Å². The third-order valence-electron chi connectivity index (χ3n) is 6.08. The molecule has 5 rings (SSSR count). The molecule has 3 N–H and O–H groups in total. The predicted octanol–water partition coefficient (Wildman–Crippen LogP) is 2.10. The van der Waals surface area contributed by atoms with E-state index in [2.05, 4.69) is 0 Å². The molecule has 0 amide bonds. The van der Waals surface area contributed by atoms with E-state index in [0.717, 1.165) is 22.0 Å². The van der Waals surface area contributed by atoms with Gasteiger partial charge in [0.25, 0.3) is 5.56 Å². The molecule has 7 nitrogen and oxygen atoms in total. The van der Waals surface area contributed by atoms with Gasteiger partial charge in [0.1, 0.15) is 6.61 Å². The number of hydrogen-bond acceptors (Lipinski definition) is 6. The van der Waals surface area contributed by atoms with E-state index in [-0.39, 0.29) is 24.6 Å². The lowest BCUT2D eigenvalue weighted by Crippen LogP contribution is -2.44. The first-order valence-electron chi connectivity index (χ1n) is 9.70. The Kier molecular flexibility index (Phi) is 3.72. The Morgan fingerprint density at radius 1 is 1.34 bits per heavy atom. The van der Waals surface area contributed by atoms with Crippen molar-refractivity contribution in [2.45, 2.75) is 45.1 Å². The molecule has 2 atom stereocenters. The highest BCUT2D eigenvalue weighted by Gasteiger charge is 2.45. The minimum absolute atomic E-state index is 0.123. The van der Waals surface area contributed by atoms with Gasteiger partial charge in [-0.15, -0.1) is 0 Å². The lowest BCUT2D eigenvalue weighted by atomic mass is 9.86.